The van der Waals surface area contributed by atoms with Crippen LogP contribution in [0.5, 0.6) is 0 Å². The fraction of sp³-hybridized carbons (Fsp3) is 0.636. The summed E-state index contributed by atoms with van der Waals surface area (Å²) in [7, 11) is 0. The van der Waals surface area contributed by atoms with Gasteiger partial charge in [-0.05, 0) is 24.9 Å². The van der Waals surface area contributed by atoms with Crippen LogP contribution >= 0.6 is 23.4 Å². The van der Waals surface area contributed by atoms with Crippen molar-refractivity contribution in [1.82, 2.24) is 9.97 Å². The number of nitrogen functional groups attached to an aromatic ring is 1. The Balaban J connectivity index is 2.16. The van der Waals surface area contributed by atoms with Crippen molar-refractivity contribution in [2.45, 2.75) is 25.7 Å². The molecule has 0 saturated heterocycles. The summed E-state index contributed by atoms with van der Waals surface area (Å²) in [6.45, 7) is 0.870. The maximum atomic E-state index is 5.96. The minimum absolute atomic E-state index is 0.323. The second-order valence-corrected chi connectivity index (χ2v) is 5.12. The van der Waals surface area contributed by atoms with Crippen molar-refractivity contribution in [2.24, 2.45) is 0 Å². The van der Waals surface area contributed by atoms with Crippen LogP contribution in [-0.4, -0.2) is 28.5 Å². The van der Waals surface area contributed by atoms with Crippen LogP contribution < -0.4 is 11.1 Å². The van der Waals surface area contributed by atoms with Gasteiger partial charge in [0.2, 0.25) is 0 Å². The van der Waals surface area contributed by atoms with E-state index in [-0.39, 0.29) is 0 Å². The highest BCUT2D eigenvalue weighted by atomic mass is 35.5. The lowest BCUT2D eigenvalue weighted by Gasteiger charge is -2.07. The van der Waals surface area contributed by atoms with E-state index in [2.05, 4.69) is 21.5 Å². The molecule has 0 atom stereocenters. The van der Waals surface area contributed by atoms with Crippen LogP contribution in [0.3, 0.4) is 0 Å². The molecule has 96 valence electrons. The van der Waals surface area contributed by atoms with Crippen molar-refractivity contribution in [3.8, 4) is 0 Å². The van der Waals surface area contributed by atoms with Crippen LogP contribution in [0, 0.1) is 0 Å². The van der Waals surface area contributed by atoms with E-state index >= 15 is 0 Å². The average Bonchev–Trinajstić information content (AvgIpc) is 2.33. The first-order valence-corrected chi connectivity index (χ1v) is 7.51. The number of hydrogen-bond donors (Lipinski definition) is 2. The molecule has 0 fully saturated rings. The van der Waals surface area contributed by atoms with Gasteiger partial charge < -0.3 is 11.1 Å². The predicted octanol–water partition coefficient (Wildman–Crippen LogP) is 3.05. The van der Waals surface area contributed by atoms with Gasteiger partial charge in [0.15, 0.2) is 0 Å². The Labute approximate surface area is 112 Å². The van der Waals surface area contributed by atoms with Crippen molar-refractivity contribution in [1.29, 1.82) is 0 Å². The zero-order chi connectivity index (χ0) is 12.5. The quantitative estimate of drug-likeness (QED) is 0.714. The summed E-state index contributed by atoms with van der Waals surface area (Å²) < 4.78 is 0. The first kappa shape index (κ1) is 14.4. The maximum absolute atomic E-state index is 5.96. The molecule has 0 unspecified atom stereocenters. The normalized spacial score (nSPS) is 10.5. The highest BCUT2D eigenvalue weighted by Gasteiger charge is 2.04. The number of anilines is 2. The van der Waals surface area contributed by atoms with E-state index < -0.39 is 0 Å². The number of nitrogens with zero attached hydrogens (tertiary/aromatic N) is 2. The van der Waals surface area contributed by atoms with Gasteiger partial charge in [-0.3, -0.25) is 0 Å². The smallest absolute Gasteiger partial charge is 0.150 e. The fourth-order valence-corrected chi connectivity index (χ4v) is 2.10. The van der Waals surface area contributed by atoms with Gasteiger partial charge in [-0.15, -0.1) is 0 Å². The summed E-state index contributed by atoms with van der Waals surface area (Å²) in [6.07, 6.45) is 8.48. The average molecular weight is 275 g/mol. The van der Waals surface area contributed by atoms with Crippen molar-refractivity contribution >= 4 is 35.0 Å². The maximum Gasteiger partial charge on any atom is 0.150 e. The number of hydrogen-bond acceptors (Lipinski definition) is 5. The molecule has 1 aromatic heterocycles. The van der Waals surface area contributed by atoms with Crippen molar-refractivity contribution in [3.05, 3.63) is 11.3 Å². The highest BCUT2D eigenvalue weighted by molar-refractivity contribution is 7.98. The Kier molecular flexibility index (Phi) is 7.12. The SMILES string of the molecule is CSCCCCCCNc1ncnc(N)c1Cl. The van der Waals surface area contributed by atoms with Crippen LogP contribution in [-0.2, 0) is 0 Å². The molecule has 0 radical (unpaired) electrons. The summed E-state index contributed by atoms with van der Waals surface area (Å²) in [6, 6.07) is 0. The van der Waals surface area contributed by atoms with E-state index in [0.29, 0.717) is 16.7 Å². The fourth-order valence-electron chi connectivity index (χ4n) is 1.44. The molecule has 0 saturated carbocycles. The first-order chi connectivity index (χ1) is 8.25. The Morgan fingerprint density at radius 2 is 2.06 bits per heavy atom. The third kappa shape index (κ3) is 5.46. The standard InChI is InChI=1S/C11H19ClN4S/c1-17-7-5-3-2-4-6-14-11-9(12)10(13)15-8-16-11/h8H,2-7H2,1H3,(H3,13,14,15,16). The monoisotopic (exact) mass is 274 g/mol. The van der Waals surface area contributed by atoms with E-state index in [1.54, 1.807) is 0 Å². The second kappa shape index (κ2) is 8.42. The number of rotatable bonds is 8. The second-order valence-electron chi connectivity index (χ2n) is 3.76. The van der Waals surface area contributed by atoms with Crippen molar-refractivity contribution in [3.63, 3.8) is 0 Å². The number of aromatic nitrogens is 2. The molecule has 4 nitrogen and oxygen atoms in total. The minimum atomic E-state index is 0.323. The molecule has 3 N–H and O–H groups in total. The number of thioether (sulfide) groups is 1. The number of nitrogens with one attached hydrogen (secondary N) is 1. The molecule has 1 heterocycles. The summed E-state index contributed by atoms with van der Waals surface area (Å²) in [4.78, 5) is 7.86. The topological polar surface area (TPSA) is 63.8 Å². The third-order valence-electron chi connectivity index (χ3n) is 2.38. The van der Waals surface area contributed by atoms with Gasteiger partial charge in [0.1, 0.15) is 23.0 Å². The lowest BCUT2D eigenvalue weighted by molar-refractivity contribution is 0.688. The highest BCUT2D eigenvalue weighted by Crippen LogP contribution is 2.22. The zero-order valence-electron chi connectivity index (χ0n) is 10.1. The molecule has 1 rings (SSSR count). The number of unbranched alkanes of at least 4 members (excludes halogenated alkanes) is 3. The molecule has 0 spiro atoms. The molecule has 1 aromatic rings. The Bertz CT molecular complexity index is 335. The van der Waals surface area contributed by atoms with Gasteiger partial charge in [0, 0.05) is 6.54 Å². The predicted molar refractivity (Wildman–Crippen MR) is 76.8 cm³/mol. The molecule has 0 aromatic carbocycles. The van der Waals surface area contributed by atoms with E-state index in [4.69, 9.17) is 17.3 Å². The van der Waals surface area contributed by atoms with E-state index in [1.807, 2.05) is 11.8 Å². The Morgan fingerprint density at radius 1 is 1.29 bits per heavy atom. The van der Waals surface area contributed by atoms with Gasteiger partial charge >= 0.3 is 0 Å². The molecule has 0 aliphatic heterocycles. The van der Waals surface area contributed by atoms with Gasteiger partial charge in [-0.25, -0.2) is 9.97 Å². The van der Waals surface area contributed by atoms with Crippen molar-refractivity contribution < 1.29 is 0 Å². The lowest BCUT2D eigenvalue weighted by atomic mass is 10.2. The Morgan fingerprint density at radius 3 is 2.82 bits per heavy atom. The zero-order valence-corrected chi connectivity index (χ0v) is 11.7. The van der Waals surface area contributed by atoms with Crippen LogP contribution in [0.15, 0.2) is 6.33 Å². The van der Waals surface area contributed by atoms with Crippen LogP contribution in [0.25, 0.3) is 0 Å². The summed E-state index contributed by atoms with van der Waals surface area (Å²) in [5, 5.41) is 3.59. The van der Waals surface area contributed by atoms with E-state index in [1.165, 1.54) is 31.3 Å². The number of nitrogens with two attached hydrogens (primary N) is 1. The summed E-state index contributed by atoms with van der Waals surface area (Å²) in [5.41, 5.74) is 5.58. The van der Waals surface area contributed by atoms with Gasteiger partial charge in [-0.1, -0.05) is 24.4 Å². The van der Waals surface area contributed by atoms with Gasteiger partial charge in [0.25, 0.3) is 0 Å². The molecular formula is C11H19ClN4S. The molecule has 0 amide bonds. The molecule has 0 aliphatic rings. The van der Waals surface area contributed by atoms with E-state index in [0.717, 1.165) is 13.0 Å². The molecule has 0 bridgehead atoms. The van der Waals surface area contributed by atoms with Crippen LogP contribution in [0.2, 0.25) is 5.02 Å². The summed E-state index contributed by atoms with van der Waals surface area (Å²) >= 11 is 7.86. The van der Waals surface area contributed by atoms with Crippen LogP contribution in [0.1, 0.15) is 25.7 Å². The molecule has 6 heteroatoms. The number of halogens is 1. The third-order valence-corrected chi connectivity index (χ3v) is 3.45. The Hall–Kier alpha value is -0.680. The first-order valence-electron chi connectivity index (χ1n) is 5.74. The van der Waals surface area contributed by atoms with Crippen molar-refractivity contribution in [2.75, 3.05) is 29.6 Å². The van der Waals surface area contributed by atoms with Gasteiger partial charge in [-0.2, -0.15) is 11.8 Å². The summed E-state index contributed by atoms with van der Waals surface area (Å²) in [5.74, 6) is 2.20. The lowest BCUT2D eigenvalue weighted by Crippen LogP contribution is -2.06. The van der Waals surface area contributed by atoms with Crippen LogP contribution in [0.4, 0.5) is 11.6 Å². The minimum Gasteiger partial charge on any atom is -0.382 e. The van der Waals surface area contributed by atoms with E-state index in [9.17, 15) is 0 Å². The molecule has 0 aliphatic carbocycles. The molecule has 17 heavy (non-hydrogen) atoms. The van der Waals surface area contributed by atoms with Gasteiger partial charge in [0.05, 0.1) is 0 Å². The largest absolute Gasteiger partial charge is 0.382 e. The molecular weight excluding hydrogens is 256 g/mol.